The molecule has 2 saturated heterocycles. The summed E-state index contributed by atoms with van der Waals surface area (Å²) in [4.78, 5) is 8.90. The van der Waals surface area contributed by atoms with Crippen molar-refractivity contribution in [2.24, 2.45) is 0 Å². The topological polar surface area (TPSA) is 94.4 Å². The minimum absolute atomic E-state index is 0. The van der Waals surface area contributed by atoms with Crippen LogP contribution in [-0.2, 0) is 0 Å². The van der Waals surface area contributed by atoms with Crippen molar-refractivity contribution in [1.82, 2.24) is 14.6 Å². The zero-order valence-electron chi connectivity index (χ0n) is 13.1. The van der Waals surface area contributed by atoms with E-state index in [9.17, 15) is 5.21 Å². The first-order valence-corrected chi connectivity index (χ1v) is 7.77. The van der Waals surface area contributed by atoms with Crippen LogP contribution in [0.3, 0.4) is 0 Å². The highest BCUT2D eigenvalue weighted by Gasteiger charge is 2.26. The minimum atomic E-state index is -0.219. The lowest BCUT2D eigenvalue weighted by Crippen LogP contribution is -2.47. The van der Waals surface area contributed by atoms with Crippen LogP contribution in [0.5, 0.6) is 0 Å². The number of rotatable bonds is 2. The molecule has 2 aliphatic heterocycles. The van der Waals surface area contributed by atoms with E-state index in [0.29, 0.717) is 16.6 Å². The van der Waals surface area contributed by atoms with Crippen LogP contribution >= 0.6 is 24.8 Å². The van der Waals surface area contributed by atoms with Crippen molar-refractivity contribution < 1.29 is 5.21 Å². The Morgan fingerprint density at radius 3 is 2.26 bits per heavy atom. The van der Waals surface area contributed by atoms with Gasteiger partial charge in [-0.25, -0.2) is 0 Å². The van der Waals surface area contributed by atoms with Crippen molar-refractivity contribution in [1.29, 1.82) is 5.41 Å². The minimum Gasteiger partial charge on any atom is -0.423 e. The van der Waals surface area contributed by atoms with Crippen molar-refractivity contribution in [3.8, 4) is 0 Å². The van der Waals surface area contributed by atoms with Crippen molar-refractivity contribution in [3.63, 3.8) is 0 Å². The second kappa shape index (κ2) is 8.61. The number of anilines is 2. The van der Waals surface area contributed by atoms with Crippen LogP contribution in [0.25, 0.3) is 0 Å². The van der Waals surface area contributed by atoms with Crippen LogP contribution in [0.15, 0.2) is 6.07 Å². The number of nitrogens with one attached hydrogen (secondary N) is 1. The standard InChI is InChI=1S/C14H24N6O.2ClH/c15-12-10-13(17-14(16)20(12)21)19-8-4-11(5-9-19)18-6-2-1-3-7-18;;/h10-11,16,21H,1-9,15H2;2*1H. The first-order valence-electron chi connectivity index (χ1n) is 7.77. The van der Waals surface area contributed by atoms with Gasteiger partial charge in [-0.2, -0.15) is 4.98 Å². The molecule has 7 nitrogen and oxygen atoms in total. The van der Waals surface area contributed by atoms with E-state index in [1.165, 1.54) is 32.4 Å². The molecule has 0 atom stereocenters. The number of hydrogen-bond donors (Lipinski definition) is 3. The number of piperidine rings is 2. The molecule has 0 amide bonds. The molecule has 2 fully saturated rings. The summed E-state index contributed by atoms with van der Waals surface area (Å²) in [5.74, 6) is 0.850. The summed E-state index contributed by atoms with van der Waals surface area (Å²) in [5.41, 5.74) is 5.47. The lowest BCUT2D eigenvalue weighted by Gasteiger charge is -2.40. The predicted octanol–water partition coefficient (Wildman–Crippen LogP) is 1.48. The highest BCUT2D eigenvalue weighted by Crippen LogP contribution is 2.23. The van der Waals surface area contributed by atoms with Gasteiger partial charge in [-0.15, -0.1) is 29.5 Å². The highest BCUT2D eigenvalue weighted by atomic mass is 35.5. The molecule has 1 aromatic heterocycles. The van der Waals surface area contributed by atoms with Gasteiger partial charge in [0.25, 0.3) is 5.62 Å². The second-order valence-electron chi connectivity index (χ2n) is 5.99. The maximum absolute atomic E-state index is 9.46. The third kappa shape index (κ3) is 4.43. The van der Waals surface area contributed by atoms with Crippen molar-refractivity contribution >= 4 is 36.4 Å². The molecule has 132 valence electrons. The normalized spacial score (nSPS) is 19.7. The third-order valence-corrected chi connectivity index (χ3v) is 4.64. The summed E-state index contributed by atoms with van der Waals surface area (Å²) in [6, 6.07) is 2.32. The van der Waals surface area contributed by atoms with Gasteiger partial charge >= 0.3 is 0 Å². The molecule has 23 heavy (non-hydrogen) atoms. The molecule has 3 rings (SSSR count). The van der Waals surface area contributed by atoms with Crippen LogP contribution in [0, 0.1) is 5.41 Å². The van der Waals surface area contributed by atoms with Gasteiger partial charge < -0.3 is 20.7 Å². The summed E-state index contributed by atoms with van der Waals surface area (Å²) in [6.45, 7) is 4.34. The Balaban J connectivity index is 0.00000132. The maximum Gasteiger partial charge on any atom is 0.259 e. The largest absolute Gasteiger partial charge is 0.423 e. The van der Waals surface area contributed by atoms with Gasteiger partial charge in [-0.05, 0) is 38.8 Å². The zero-order valence-corrected chi connectivity index (χ0v) is 14.8. The fourth-order valence-electron chi connectivity index (χ4n) is 3.41. The van der Waals surface area contributed by atoms with Gasteiger partial charge in [0.1, 0.15) is 11.6 Å². The molecule has 0 bridgehead atoms. The average molecular weight is 365 g/mol. The number of aromatic nitrogens is 2. The van der Waals surface area contributed by atoms with Gasteiger partial charge in [-0.3, -0.25) is 5.41 Å². The van der Waals surface area contributed by atoms with E-state index in [1.54, 1.807) is 6.07 Å². The molecule has 0 radical (unpaired) electrons. The third-order valence-electron chi connectivity index (χ3n) is 4.64. The number of halogens is 2. The smallest absolute Gasteiger partial charge is 0.259 e. The predicted molar refractivity (Wildman–Crippen MR) is 94.8 cm³/mol. The fraction of sp³-hybridized carbons (Fsp3) is 0.714. The quantitative estimate of drug-likeness (QED) is 0.691. The Morgan fingerprint density at radius 1 is 1.09 bits per heavy atom. The SMILES string of the molecule is Cl.Cl.N=c1nc(N2CCC(N3CCCCC3)CC2)cc(N)n1O. The number of nitrogen functional groups attached to an aromatic ring is 1. The van der Waals surface area contributed by atoms with E-state index in [4.69, 9.17) is 11.1 Å². The Labute approximate surface area is 148 Å². The highest BCUT2D eigenvalue weighted by molar-refractivity contribution is 5.85. The summed E-state index contributed by atoms with van der Waals surface area (Å²) >= 11 is 0. The molecule has 1 aromatic rings. The monoisotopic (exact) mass is 364 g/mol. The van der Waals surface area contributed by atoms with Crippen LogP contribution in [0.1, 0.15) is 32.1 Å². The van der Waals surface area contributed by atoms with Crippen LogP contribution in [-0.4, -0.2) is 52.0 Å². The molecule has 0 aromatic carbocycles. The molecule has 0 saturated carbocycles. The molecule has 0 spiro atoms. The lowest BCUT2D eigenvalue weighted by atomic mass is 10.00. The summed E-state index contributed by atoms with van der Waals surface area (Å²) in [5, 5.41) is 17.1. The number of likely N-dealkylation sites (tertiary alicyclic amines) is 1. The molecular weight excluding hydrogens is 339 g/mol. The van der Waals surface area contributed by atoms with Gasteiger partial charge in [-0.1, -0.05) is 6.42 Å². The molecular formula is C14H26Cl2N6O. The van der Waals surface area contributed by atoms with Crippen molar-refractivity contribution in [3.05, 3.63) is 11.7 Å². The Morgan fingerprint density at radius 2 is 1.70 bits per heavy atom. The molecule has 0 aliphatic carbocycles. The average Bonchev–Trinajstić information content (AvgIpc) is 2.53. The molecule has 2 aliphatic rings. The zero-order chi connectivity index (χ0) is 14.8. The van der Waals surface area contributed by atoms with E-state index in [-0.39, 0.29) is 36.3 Å². The van der Waals surface area contributed by atoms with Crippen molar-refractivity contribution in [2.45, 2.75) is 38.1 Å². The number of hydrogen-bond acceptors (Lipinski definition) is 6. The van der Waals surface area contributed by atoms with E-state index < -0.39 is 0 Å². The lowest BCUT2D eigenvalue weighted by molar-refractivity contribution is 0.141. The van der Waals surface area contributed by atoms with Crippen molar-refractivity contribution in [2.75, 3.05) is 36.8 Å². The summed E-state index contributed by atoms with van der Waals surface area (Å²) in [6.07, 6.45) is 6.28. The first kappa shape index (κ1) is 19.9. The Bertz CT molecular complexity index is 553. The summed E-state index contributed by atoms with van der Waals surface area (Å²) < 4.78 is 0.601. The van der Waals surface area contributed by atoms with Crippen LogP contribution in [0.2, 0.25) is 0 Å². The van der Waals surface area contributed by atoms with E-state index in [1.807, 2.05) is 0 Å². The molecule has 4 N–H and O–H groups in total. The van der Waals surface area contributed by atoms with Crippen LogP contribution < -0.4 is 16.3 Å². The molecule has 9 heteroatoms. The number of nitrogens with zero attached hydrogens (tertiary/aromatic N) is 4. The van der Waals surface area contributed by atoms with E-state index in [2.05, 4.69) is 14.8 Å². The van der Waals surface area contributed by atoms with E-state index >= 15 is 0 Å². The maximum atomic E-state index is 9.46. The Hall–Kier alpha value is -1.18. The van der Waals surface area contributed by atoms with E-state index in [0.717, 1.165) is 25.9 Å². The molecule has 0 unspecified atom stereocenters. The van der Waals surface area contributed by atoms with Gasteiger partial charge in [0.15, 0.2) is 0 Å². The van der Waals surface area contributed by atoms with Gasteiger partial charge in [0.05, 0.1) is 0 Å². The number of nitrogens with two attached hydrogens (primary N) is 1. The fourth-order valence-corrected chi connectivity index (χ4v) is 3.41. The first-order chi connectivity index (χ1) is 10.1. The van der Waals surface area contributed by atoms with Crippen LogP contribution in [0.4, 0.5) is 11.6 Å². The summed E-state index contributed by atoms with van der Waals surface area (Å²) in [7, 11) is 0. The second-order valence-corrected chi connectivity index (χ2v) is 5.99. The molecule has 3 heterocycles. The Kier molecular flexibility index (Phi) is 7.44. The van der Waals surface area contributed by atoms with Gasteiger partial charge in [0, 0.05) is 25.2 Å². The van der Waals surface area contributed by atoms with Gasteiger partial charge in [0.2, 0.25) is 0 Å².